The van der Waals surface area contributed by atoms with Crippen molar-refractivity contribution in [3.8, 4) is 11.5 Å². The normalized spacial score (nSPS) is 13.4. The predicted octanol–water partition coefficient (Wildman–Crippen LogP) is 5.89. The van der Waals surface area contributed by atoms with Crippen molar-refractivity contribution >= 4 is 33.8 Å². The second-order valence-corrected chi connectivity index (χ2v) is 23.0. The number of hydrogen-bond acceptors (Lipinski definition) is 3. The van der Waals surface area contributed by atoms with E-state index < -0.39 is 23.5 Å². The fourth-order valence-corrected chi connectivity index (χ4v) is 6.29. The van der Waals surface area contributed by atoms with Crippen LogP contribution in [0.2, 0.25) is 39.3 Å². The Morgan fingerprint density at radius 2 is 1.14 bits per heavy atom. The van der Waals surface area contributed by atoms with Crippen LogP contribution in [0, 0.1) is 0 Å². The van der Waals surface area contributed by atoms with Gasteiger partial charge >= 0.3 is 7.32 Å². The molecule has 0 fully saturated rings. The molecule has 0 bridgehead atoms. The molecule has 0 saturated heterocycles. The molecule has 1 unspecified atom stereocenters. The summed E-state index contributed by atoms with van der Waals surface area (Å²) < 4.78 is 20.0. The fourth-order valence-electron chi connectivity index (χ4n) is 3.96. The highest BCUT2D eigenvalue weighted by Crippen LogP contribution is 2.19. The molecule has 0 aliphatic heterocycles. The minimum atomic E-state index is -1.37. The van der Waals surface area contributed by atoms with Gasteiger partial charge in [-0.3, -0.25) is 0 Å². The van der Waals surface area contributed by atoms with Crippen molar-refractivity contribution in [1.29, 1.82) is 0 Å². The number of nitrogens with zero attached hydrogens (tertiary/aromatic N) is 1. The van der Waals surface area contributed by atoms with E-state index in [-0.39, 0.29) is 6.10 Å². The van der Waals surface area contributed by atoms with Crippen molar-refractivity contribution in [2.45, 2.75) is 78.0 Å². The van der Waals surface area contributed by atoms with Crippen LogP contribution in [0.1, 0.15) is 32.6 Å². The van der Waals surface area contributed by atoms with Crippen LogP contribution in [0.25, 0.3) is 0 Å². The lowest BCUT2D eigenvalue weighted by molar-refractivity contribution is -0.873. The number of rotatable bonds is 14. The molecule has 35 heavy (non-hydrogen) atoms. The van der Waals surface area contributed by atoms with Gasteiger partial charge < -0.3 is 18.4 Å². The molecule has 0 aliphatic carbocycles. The molecule has 0 spiro atoms. The number of likely N-dealkylation sites (N-methyl/N-ethyl adjacent to an activating group) is 1. The zero-order valence-electron chi connectivity index (χ0n) is 24.0. The van der Waals surface area contributed by atoms with Crippen LogP contribution in [0.15, 0.2) is 48.5 Å². The zero-order chi connectivity index (χ0) is 26.3. The first-order chi connectivity index (χ1) is 16.2. The van der Waals surface area contributed by atoms with Crippen LogP contribution in [-0.2, 0) is 4.65 Å². The first-order valence-electron chi connectivity index (χ1n) is 13.2. The van der Waals surface area contributed by atoms with Crippen molar-refractivity contribution in [2.24, 2.45) is 0 Å². The Kier molecular flexibility index (Phi) is 10.7. The predicted molar refractivity (Wildman–Crippen MR) is 158 cm³/mol. The minimum absolute atomic E-state index is 0.0501. The quantitative estimate of drug-likeness (QED) is 0.179. The largest absolute Gasteiger partial charge is 0.788 e. The molecule has 7 heteroatoms. The van der Waals surface area contributed by atoms with Crippen LogP contribution in [0.5, 0.6) is 11.5 Å². The third-order valence-electron chi connectivity index (χ3n) is 6.09. The molecule has 0 N–H and O–H groups in total. The van der Waals surface area contributed by atoms with E-state index in [4.69, 9.17) is 14.0 Å². The van der Waals surface area contributed by atoms with Gasteiger partial charge in [0.15, 0.2) is 0 Å². The van der Waals surface area contributed by atoms with Crippen molar-refractivity contribution in [3.63, 3.8) is 0 Å². The van der Waals surface area contributed by atoms with Crippen molar-refractivity contribution in [2.75, 3.05) is 27.7 Å². The second-order valence-electron chi connectivity index (χ2n) is 12.8. The Morgan fingerprint density at radius 1 is 0.714 bits per heavy atom. The molecule has 2 aromatic rings. The topological polar surface area (TPSA) is 27.7 Å². The van der Waals surface area contributed by atoms with E-state index in [0.717, 1.165) is 35.4 Å². The summed E-state index contributed by atoms with van der Waals surface area (Å²) in [6.45, 7) is 17.3. The Bertz CT molecular complexity index is 825. The highest BCUT2D eigenvalue weighted by molar-refractivity contribution is 6.89. The molecular weight excluding hydrogens is 465 g/mol. The minimum Gasteiger partial charge on any atom is -0.501 e. The van der Waals surface area contributed by atoms with E-state index in [0.29, 0.717) is 0 Å². The van der Waals surface area contributed by atoms with E-state index in [1.165, 1.54) is 23.2 Å². The van der Waals surface area contributed by atoms with Gasteiger partial charge in [0.2, 0.25) is 0 Å². The summed E-state index contributed by atoms with van der Waals surface area (Å²) >= 11 is 0. The van der Waals surface area contributed by atoms with Crippen LogP contribution in [-0.4, -0.2) is 61.7 Å². The lowest BCUT2D eigenvalue weighted by Crippen LogP contribution is -2.47. The zero-order valence-corrected chi connectivity index (χ0v) is 26.0. The first kappa shape index (κ1) is 29.7. The van der Waals surface area contributed by atoms with Gasteiger partial charge in [-0.05, 0) is 30.7 Å². The Balaban J connectivity index is 2.25. The number of benzene rings is 2. The lowest BCUT2D eigenvalue weighted by atomic mass is 10.1. The Labute approximate surface area is 217 Å². The summed E-state index contributed by atoms with van der Waals surface area (Å²) in [6, 6.07) is 16.9. The highest BCUT2D eigenvalue weighted by Gasteiger charge is 2.33. The summed E-state index contributed by atoms with van der Waals surface area (Å²) in [5.41, 5.74) is 0. The number of unbranched alkanes of at least 4 members (excludes halogenated alkanes) is 2. The van der Waals surface area contributed by atoms with E-state index in [9.17, 15) is 0 Å². The molecule has 0 saturated carbocycles. The Hall–Kier alpha value is -1.54. The van der Waals surface area contributed by atoms with Crippen LogP contribution >= 0.6 is 0 Å². The van der Waals surface area contributed by atoms with E-state index >= 15 is 0 Å². The van der Waals surface area contributed by atoms with Gasteiger partial charge in [0.25, 0.3) is 0 Å². The molecule has 194 valence electrons. The summed E-state index contributed by atoms with van der Waals surface area (Å²) in [4.78, 5) is 0. The average Bonchev–Trinajstić information content (AvgIpc) is 2.72. The maximum Gasteiger partial charge on any atom is 0.788 e. The van der Waals surface area contributed by atoms with E-state index in [1.807, 2.05) is 24.3 Å². The van der Waals surface area contributed by atoms with Gasteiger partial charge in [-0.2, -0.15) is 0 Å². The molecule has 2 rings (SSSR count). The Morgan fingerprint density at radius 3 is 1.49 bits per heavy atom. The van der Waals surface area contributed by atoms with Gasteiger partial charge in [-0.1, -0.05) is 100 Å². The smallest absolute Gasteiger partial charge is 0.501 e. The fraction of sp³-hybridized carbons (Fsp3) is 0.571. The number of quaternary nitrogens is 1. The van der Waals surface area contributed by atoms with Crippen LogP contribution < -0.4 is 19.7 Å². The standard InChI is InChI=1S/C28H49BNO3Si2/c1-11-12-13-14-26(23-30(2,3)4)33-29(31-24-15-19-27(20-16-24)34(5,6)7)32-25-17-21-28(22-18-25)35(8,9)10/h15-22,26H,11-14,23H2,1-10H3/q+1. The molecule has 0 radical (unpaired) electrons. The molecule has 0 aliphatic rings. The average molecular weight is 515 g/mol. The summed E-state index contributed by atoms with van der Waals surface area (Å²) in [6.07, 6.45) is 4.59. The van der Waals surface area contributed by atoms with Crippen LogP contribution in [0.4, 0.5) is 0 Å². The third-order valence-corrected chi connectivity index (χ3v) is 10.2. The first-order valence-corrected chi connectivity index (χ1v) is 20.2. The van der Waals surface area contributed by atoms with Gasteiger partial charge in [0.05, 0.1) is 43.4 Å². The maximum atomic E-state index is 6.53. The molecule has 0 heterocycles. The summed E-state index contributed by atoms with van der Waals surface area (Å²) in [5.74, 6) is 1.54. The molecular formula is C28H49BNO3Si2+. The van der Waals surface area contributed by atoms with E-state index in [1.54, 1.807) is 0 Å². The van der Waals surface area contributed by atoms with Crippen molar-refractivity contribution in [1.82, 2.24) is 0 Å². The third kappa shape index (κ3) is 10.9. The molecule has 4 nitrogen and oxygen atoms in total. The second kappa shape index (κ2) is 12.6. The maximum absolute atomic E-state index is 6.53. The highest BCUT2D eigenvalue weighted by atomic mass is 28.3. The van der Waals surface area contributed by atoms with E-state index in [2.05, 4.69) is 91.6 Å². The molecule has 1 atom stereocenters. The number of hydrogen-bond donors (Lipinski definition) is 0. The summed E-state index contributed by atoms with van der Waals surface area (Å²) in [7, 11) is 3.08. The lowest BCUT2D eigenvalue weighted by Gasteiger charge is -2.30. The van der Waals surface area contributed by atoms with Gasteiger partial charge in [-0.25, -0.2) is 0 Å². The van der Waals surface area contributed by atoms with Crippen LogP contribution in [0.3, 0.4) is 0 Å². The van der Waals surface area contributed by atoms with Gasteiger partial charge in [0, 0.05) is 0 Å². The molecule has 2 aromatic carbocycles. The SMILES string of the molecule is CCCCCC(C[N+](C)(C)C)OB(Oc1ccc([Si](C)(C)C)cc1)Oc1ccc([Si](C)(C)C)cc1. The molecule has 0 aromatic heterocycles. The molecule has 0 amide bonds. The van der Waals surface area contributed by atoms with Gasteiger partial charge in [0.1, 0.15) is 18.0 Å². The van der Waals surface area contributed by atoms with Crippen molar-refractivity contribution in [3.05, 3.63) is 48.5 Å². The monoisotopic (exact) mass is 514 g/mol. The van der Waals surface area contributed by atoms with Gasteiger partial charge in [-0.15, -0.1) is 0 Å². The van der Waals surface area contributed by atoms with Crippen molar-refractivity contribution < 1.29 is 18.4 Å². The summed E-state index contributed by atoms with van der Waals surface area (Å²) in [5, 5.41) is 2.82.